The monoisotopic (exact) mass is 445 g/mol. The van der Waals surface area contributed by atoms with Crippen LogP contribution in [-0.2, 0) is 25.6 Å². The minimum atomic E-state index is -0.474. The Labute approximate surface area is 185 Å². The lowest BCUT2D eigenvalue weighted by molar-refractivity contribution is -0.145. The van der Waals surface area contributed by atoms with Gasteiger partial charge >= 0.3 is 12.1 Å². The number of methoxy groups -OCH3 is 1. The molecule has 0 aliphatic carbocycles. The van der Waals surface area contributed by atoms with Crippen LogP contribution in [0.5, 0.6) is 5.06 Å². The van der Waals surface area contributed by atoms with E-state index in [0.717, 1.165) is 35.5 Å². The second-order valence-corrected chi connectivity index (χ2v) is 8.64. The molecule has 1 amide bonds. The molecule has 3 atom stereocenters. The number of carbonyl (C=O) groups is 2. The van der Waals surface area contributed by atoms with Gasteiger partial charge in [0.1, 0.15) is 6.61 Å². The number of likely N-dealkylation sites (tertiary alicyclic amines) is 1. The van der Waals surface area contributed by atoms with E-state index < -0.39 is 12.0 Å². The number of amides is 1. The molecule has 8 heteroatoms. The van der Waals surface area contributed by atoms with Gasteiger partial charge in [-0.3, -0.25) is 4.79 Å². The van der Waals surface area contributed by atoms with E-state index in [1.807, 2.05) is 41.8 Å². The average Bonchev–Trinajstić information content (AvgIpc) is 3.45. The summed E-state index contributed by atoms with van der Waals surface area (Å²) in [6, 6.07) is 11.5. The molecule has 0 bridgehead atoms. The smallest absolute Gasteiger partial charge is 0.410 e. The van der Waals surface area contributed by atoms with Gasteiger partial charge in [0.25, 0.3) is 0 Å². The Morgan fingerprint density at radius 2 is 2.00 bits per heavy atom. The van der Waals surface area contributed by atoms with Crippen LogP contribution in [-0.4, -0.2) is 50.1 Å². The fourth-order valence-electron chi connectivity index (χ4n) is 4.07. The SMILES string of the molecule is COC(=O)C1CN(C(=O)OCc2ccccc2)CC1c1ccsc1OC1CCCCO1. The molecule has 2 saturated heterocycles. The molecule has 4 rings (SSSR count). The molecule has 0 spiro atoms. The first-order chi connectivity index (χ1) is 15.2. The fourth-order valence-corrected chi connectivity index (χ4v) is 4.92. The van der Waals surface area contributed by atoms with Crippen LogP contribution < -0.4 is 4.74 Å². The lowest BCUT2D eigenvalue weighted by atomic mass is 9.90. The van der Waals surface area contributed by atoms with E-state index in [0.29, 0.717) is 13.2 Å². The van der Waals surface area contributed by atoms with E-state index in [1.165, 1.54) is 18.4 Å². The summed E-state index contributed by atoms with van der Waals surface area (Å²) >= 11 is 1.48. The highest BCUT2D eigenvalue weighted by atomic mass is 32.1. The highest BCUT2D eigenvalue weighted by Gasteiger charge is 2.43. The molecular formula is C23H27NO6S. The predicted octanol–water partition coefficient (Wildman–Crippen LogP) is 4.18. The van der Waals surface area contributed by atoms with E-state index in [4.69, 9.17) is 18.9 Å². The van der Waals surface area contributed by atoms with E-state index in [2.05, 4.69) is 0 Å². The van der Waals surface area contributed by atoms with Gasteiger partial charge in [-0.15, -0.1) is 11.3 Å². The Morgan fingerprint density at radius 1 is 1.16 bits per heavy atom. The molecule has 1 aromatic carbocycles. The third kappa shape index (κ3) is 5.19. The van der Waals surface area contributed by atoms with Gasteiger partial charge in [-0.1, -0.05) is 30.3 Å². The number of hydrogen-bond acceptors (Lipinski definition) is 7. The van der Waals surface area contributed by atoms with Crippen molar-refractivity contribution < 1.29 is 28.5 Å². The van der Waals surface area contributed by atoms with Crippen LogP contribution in [0, 0.1) is 5.92 Å². The lowest BCUT2D eigenvalue weighted by Crippen LogP contribution is -2.30. The summed E-state index contributed by atoms with van der Waals surface area (Å²) < 4.78 is 22.3. The van der Waals surface area contributed by atoms with E-state index >= 15 is 0 Å². The van der Waals surface area contributed by atoms with Gasteiger partial charge < -0.3 is 23.8 Å². The maximum atomic E-state index is 12.7. The van der Waals surface area contributed by atoms with Crippen LogP contribution >= 0.6 is 11.3 Å². The summed E-state index contributed by atoms with van der Waals surface area (Å²) in [6.07, 6.45) is 2.26. The number of benzene rings is 1. The first kappa shape index (κ1) is 21.6. The molecule has 31 heavy (non-hydrogen) atoms. The average molecular weight is 446 g/mol. The highest BCUT2D eigenvalue weighted by Crippen LogP contribution is 2.42. The molecule has 7 nitrogen and oxygen atoms in total. The van der Waals surface area contributed by atoms with E-state index in [9.17, 15) is 9.59 Å². The quantitative estimate of drug-likeness (QED) is 0.621. The molecule has 166 valence electrons. The van der Waals surface area contributed by atoms with Crippen LogP contribution in [0.3, 0.4) is 0 Å². The van der Waals surface area contributed by atoms with Crippen LogP contribution in [0.25, 0.3) is 0 Å². The van der Waals surface area contributed by atoms with Crippen molar-refractivity contribution in [3.63, 3.8) is 0 Å². The summed E-state index contributed by atoms with van der Waals surface area (Å²) in [6.45, 7) is 1.50. The van der Waals surface area contributed by atoms with Crippen molar-refractivity contribution in [3.8, 4) is 5.06 Å². The number of nitrogens with zero attached hydrogens (tertiary/aromatic N) is 1. The Morgan fingerprint density at radius 3 is 2.74 bits per heavy atom. The summed E-state index contributed by atoms with van der Waals surface area (Å²) in [7, 11) is 1.37. The molecule has 0 radical (unpaired) electrons. The highest BCUT2D eigenvalue weighted by molar-refractivity contribution is 7.12. The molecule has 3 unspecified atom stereocenters. The number of ether oxygens (including phenoxy) is 4. The van der Waals surface area contributed by atoms with Gasteiger partial charge in [0.15, 0.2) is 5.06 Å². The standard InChI is InChI=1S/C23H27NO6S/c1-27-21(25)19-14-24(23(26)29-15-16-7-3-2-4-8-16)13-18(19)17-10-12-31-22(17)30-20-9-5-6-11-28-20/h2-4,7-8,10,12,18-20H,5-6,9,11,13-15H2,1H3. The Hall–Kier alpha value is -2.58. The van der Waals surface area contributed by atoms with Crippen molar-refractivity contribution >= 4 is 23.4 Å². The van der Waals surface area contributed by atoms with Gasteiger partial charge in [-0.05, 0) is 29.9 Å². The van der Waals surface area contributed by atoms with Gasteiger partial charge in [0, 0.05) is 31.0 Å². The van der Waals surface area contributed by atoms with Crippen molar-refractivity contribution in [2.45, 2.75) is 38.1 Å². The minimum absolute atomic E-state index is 0.190. The maximum absolute atomic E-state index is 12.7. The fraction of sp³-hybridized carbons (Fsp3) is 0.478. The minimum Gasteiger partial charge on any atom is -0.469 e. The summed E-state index contributed by atoms with van der Waals surface area (Å²) in [5, 5.41) is 2.68. The number of esters is 1. The molecule has 3 heterocycles. The normalized spacial score (nSPS) is 23.4. The van der Waals surface area contributed by atoms with Crippen molar-refractivity contribution in [3.05, 3.63) is 52.9 Å². The topological polar surface area (TPSA) is 74.3 Å². The number of hydrogen-bond donors (Lipinski definition) is 0. The summed E-state index contributed by atoms with van der Waals surface area (Å²) in [4.78, 5) is 26.8. The summed E-state index contributed by atoms with van der Waals surface area (Å²) in [5.74, 6) is -1.03. The molecule has 0 N–H and O–H groups in total. The van der Waals surface area contributed by atoms with Crippen molar-refractivity contribution in [2.24, 2.45) is 5.92 Å². The van der Waals surface area contributed by atoms with E-state index in [1.54, 1.807) is 4.90 Å². The van der Waals surface area contributed by atoms with Gasteiger partial charge in [0.05, 0.1) is 19.6 Å². The number of rotatable bonds is 6. The second-order valence-electron chi connectivity index (χ2n) is 7.76. The van der Waals surface area contributed by atoms with E-state index in [-0.39, 0.29) is 31.3 Å². The lowest BCUT2D eigenvalue weighted by Gasteiger charge is -2.24. The zero-order valence-corrected chi connectivity index (χ0v) is 18.3. The third-order valence-corrected chi connectivity index (χ3v) is 6.54. The van der Waals surface area contributed by atoms with Crippen molar-refractivity contribution in [2.75, 3.05) is 26.8 Å². The van der Waals surface area contributed by atoms with Gasteiger partial charge in [0.2, 0.25) is 6.29 Å². The maximum Gasteiger partial charge on any atom is 0.410 e. The molecule has 2 aliphatic rings. The van der Waals surface area contributed by atoms with Gasteiger partial charge in [-0.2, -0.15) is 0 Å². The first-order valence-electron chi connectivity index (χ1n) is 10.5. The Kier molecular flexibility index (Phi) is 7.09. The van der Waals surface area contributed by atoms with Crippen LogP contribution in [0.1, 0.15) is 36.3 Å². The zero-order chi connectivity index (χ0) is 21.6. The van der Waals surface area contributed by atoms with Crippen LogP contribution in [0.2, 0.25) is 0 Å². The number of carbonyl (C=O) groups excluding carboxylic acids is 2. The Bertz CT molecular complexity index is 879. The van der Waals surface area contributed by atoms with Crippen LogP contribution in [0.4, 0.5) is 4.79 Å². The summed E-state index contributed by atoms with van der Waals surface area (Å²) in [5.41, 5.74) is 1.82. The molecule has 2 fully saturated rings. The molecular weight excluding hydrogens is 418 g/mol. The third-order valence-electron chi connectivity index (χ3n) is 5.72. The Balaban J connectivity index is 1.45. The largest absolute Gasteiger partial charge is 0.469 e. The van der Waals surface area contributed by atoms with Gasteiger partial charge in [-0.25, -0.2) is 4.79 Å². The van der Waals surface area contributed by atoms with Crippen molar-refractivity contribution in [1.82, 2.24) is 4.90 Å². The van der Waals surface area contributed by atoms with Crippen molar-refractivity contribution in [1.29, 1.82) is 0 Å². The second kappa shape index (κ2) is 10.2. The molecule has 2 aliphatic heterocycles. The molecule has 0 saturated carbocycles. The first-order valence-corrected chi connectivity index (χ1v) is 11.4. The van der Waals surface area contributed by atoms with Crippen LogP contribution in [0.15, 0.2) is 41.8 Å². The molecule has 2 aromatic rings. The number of thiophene rings is 1. The zero-order valence-electron chi connectivity index (χ0n) is 17.5. The predicted molar refractivity (Wildman–Crippen MR) is 115 cm³/mol. The molecule has 1 aromatic heterocycles.